The summed E-state index contributed by atoms with van der Waals surface area (Å²) in [5, 5.41) is 3.12. The Labute approximate surface area is 108 Å². The molecular formula is C14H21N3O. The van der Waals surface area contributed by atoms with Crippen LogP contribution in [0.4, 0.5) is 5.69 Å². The zero-order valence-corrected chi connectivity index (χ0v) is 10.9. The van der Waals surface area contributed by atoms with E-state index in [-0.39, 0.29) is 11.9 Å². The van der Waals surface area contributed by atoms with Crippen LogP contribution in [-0.4, -0.2) is 16.9 Å². The number of nitrogens with two attached hydrogens (primary N) is 1. The number of pyridine rings is 1. The standard InChI is InChI=1S/C14H21N3O/c1-10-5-3-2-4-6-13(10)17-14(18)11-7-8-16-9-12(11)15/h7-10,13H,2-6,15H2,1H3,(H,17,18). The highest BCUT2D eigenvalue weighted by Gasteiger charge is 2.22. The molecule has 2 unspecified atom stereocenters. The summed E-state index contributed by atoms with van der Waals surface area (Å²) in [5.74, 6) is 0.466. The van der Waals surface area contributed by atoms with Gasteiger partial charge in [-0.2, -0.15) is 0 Å². The van der Waals surface area contributed by atoms with E-state index in [9.17, 15) is 4.79 Å². The van der Waals surface area contributed by atoms with Crippen LogP contribution in [0.1, 0.15) is 49.4 Å². The number of carbonyl (C=O) groups is 1. The van der Waals surface area contributed by atoms with Crippen LogP contribution >= 0.6 is 0 Å². The molecule has 1 amide bonds. The minimum absolute atomic E-state index is 0.0753. The Morgan fingerprint density at radius 1 is 1.39 bits per heavy atom. The molecule has 2 atom stereocenters. The van der Waals surface area contributed by atoms with Gasteiger partial charge in [0.2, 0.25) is 0 Å². The normalized spacial score (nSPS) is 24.3. The van der Waals surface area contributed by atoms with Crippen LogP contribution in [0.2, 0.25) is 0 Å². The van der Waals surface area contributed by atoms with Crippen LogP contribution in [0.15, 0.2) is 18.5 Å². The molecule has 1 aliphatic carbocycles. The summed E-state index contributed by atoms with van der Waals surface area (Å²) < 4.78 is 0. The van der Waals surface area contributed by atoms with Gasteiger partial charge in [0.1, 0.15) is 0 Å². The molecule has 0 spiro atoms. The number of nitrogens with zero attached hydrogens (tertiary/aromatic N) is 1. The highest BCUT2D eigenvalue weighted by atomic mass is 16.1. The van der Waals surface area contributed by atoms with Gasteiger partial charge in [-0.1, -0.05) is 26.2 Å². The molecule has 0 aromatic carbocycles. The second kappa shape index (κ2) is 5.85. The second-order valence-corrected chi connectivity index (χ2v) is 5.16. The van der Waals surface area contributed by atoms with Crippen LogP contribution in [0.25, 0.3) is 0 Å². The summed E-state index contributed by atoms with van der Waals surface area (Å²) >= 11 is 0. The van der Waals surface area contributed by atoms with Crippen molar-refractivity contribution in [1.29, 1.82) is 0 Å². The van der Waals surface area contributed by atoms with Crippen molar-refractivity contribution in [2.75, 3.05) is 5.73 Å². The van der Waals surface area contributed by atoms with Crippen LogP contribution < -0.4 is 11.1 Å². The minimum Gasteiger partial charge on any atom is -0.397 e. The van der Waals surface area contributed by atoms with Gasteiger partial charge in [-0.05, 0) is 24.8 Å². The molecular weight excluding hydrogens is 226 g/mol. The average molecular weight is 247 g/mol. The lowest BCUT2D eigenvalue weighted by molar-refractivity contribution is 0.0922. The van der Waals surface area contributed by atoms with E-state index in [0.29, 0.717) is 17.2 Å². The summed E-state index contributed by atoms with van der Waals surface area (Å²) in [5.41, 5.74) is 6.74. The Morgan fingerprint density at radius 2 is 2.17 bits per heavy atom. The molecule has 1 heterocycles. The number of nitrogens with one attached hydrogen (secondary N) is 1. The third-order valence-corrected chi connectivity index (χ3v) is 3.77. The van der Waals surface area contributed by atoms with Crippen molar-refractivity contribution in [3.8, 4) is 0 Å². The van der Waals surface area contributed by atoms with Crippen LogP contribution in [0, 0.1) is 5.92 Å². The van der Waals surface area contributed by atoms with Gasteiger partial charge in [0.05, 0.1) is 17.4 Å². The summed E-state index contributed by atoms with van der Waals surface area (Å²) in [6.45, 7) is 2.21. The Balaban J connectivity index is 2.04. The fraction of sp³-hybridized carbons (Fsp3) is 0.571. The van der Waals surface area contributed by atoms with Crippen LogP contribution in [-0.2, 0) is 0 Å². The van der Waals surface area contributed by atoms with Crippen molar-refractivity contribution in [2.45, 2.75) is 45.1 Å². The lowest BCUT2D eigenvalue weighted by atomic mass is 9.96. The van der Waals surface area contributed by atoms with Crippen molar-refractivity contribution in [1.82, 2.24) is 10.3 Å². The summed E-state index contributed by atoms with van der Waals surface area (Å²) in [7, 11) is 0. The second-order valence-electron chi connectivity index (χ2n) is 5.16. The summed E-state index contributed by atoms with van der Waals surface area (Å²) in [6, 6.07) is 1.94. The lowest BCUT2D eigenvalue weighted by Gasteiger charge is -2.23. The first kappa shape index (κ1) is 12.9. The number of nitrogen functional groups attached to an aromatic ring is 1. The third kappa shape index (κ3) is 3.00. The molecule has 0 aliphatic heterocycles. The Kier molecular flexibility index (Phi) is 4.18. The quantitative estimate of drug-likeness (QED) is 0.788. The van der Waals surface area contributed by atoms with Gasteiger partial charge in [0.25, 0.3) is 5.91 Å². The maximum absolute atomic E-state index is 12.2. The van der Waals surface area contributed by atoms with E-state index in [1.165, 1.54) is 31.9 Å². The highest BCUT2D eigenvalue weighted by Crippen LogP contribution is 2.23. The van der Waals surface area contributed by atoms with Crippen molar-refractivity contribution in [3.05, 3.63) is 24.0 Å². The van der Waals surface area contributed by atoms with Crippen molar-refractivity contribution < 1.29 is 4.79 Å². The van der Waals surface area contributed by atoms with Gasteiger partial charge in [0.15, 0.2) is 0 Å². The van der Waals surface area contributed by atoms with E-state index in [4.69, 9.17) is 5.73 Å². The maximum atomic E-state index is 12.2. The van der Waals surface area contributed by atoms with E-state index in [2.05, 4.69) is 17.2 Å². The van der Waals surface area contributed by atoms with Crippen molar-refractivity contribution in [3.63, 3.8) is 0 Å². The molecule has 18 heavy (non-hydrogen) atoms. The number of carbonyl (C=O) groups excluding carboxylic acids is 1. The average Bonchev–Trinajstić information content (AvgIpc) is 2.55. The zero-order chi connectivity index (χ0) is 13.0. The SMILES string of the molecule is CC1CCCCCC1NC(=O)c1ccncc1N. The molecule has 98 valence electrons. The highest BCUT2D eigenvalue weighted by molar-refractivity contribution is 5.99. The monoisotopic (exact) mass is 247 g/mol. The molecule has 4 heteroatoms. The van der Waals surface area contributed by atoms with Gasteiger partial charge in [-0.25, -0.2) is 0 Å². The van der Waals surface area contributed by atoms with Crippen molar-refractivity contribution in [2.24, 2.45) is 5.92 Å². The lowest BCUT2D eigenvalue weighted by Crippen LogP contribution is -2.39. The molecule has 1 saturated carbocycles. The van der Waals surface area contributed by atoms with Gasteiger partial charge in [-0.3, -0.25) is 9.78 Å². The predicted octanol–water partition coefficient (Wildman–Crippen LogP) is 2.36. The molecule has 0 bridgehead atoms. The largest absolute Gasteiger partial charge is 0.397 e. The number of aromatic nitrogens is 1. The molecule has 0 saturated heterocycles. The van der Waals surface area contributed by atoms with Gasteiger partial charge < -0.3 is 11.1 Å². The Hall–Kier alpha value is -1.58. The zero-order valence-electron chi connectivity index (χ0n) is 10.9. The number of amides is 1. The Morgan fingerprint density at radius 3 is 2.94 bits per heavy atom. The number of rotatable bonds is 2. The van der Waals surface area contributed by atoms with Gasteiger partial charge >= 0.3 is 0 Å². The fourth-order valence-electron chi connectivity index (χ4n) is 2.57. The topological polar surface area (TPSA) is 68.0 Å². The summed E-state index contributed by atoms with van der Waals surface area (Å²) in [4.78, 5) is 16.1. The van der Waals surface area contributed by atoms with Crippen LogP contribution in [0.5, 0.6) is 0 Å². The molecule has 2 rings (SSSR count). The third-order valence-electron chi connectivity index (χ3n) is 3.77. The van der Waals surface area contributed by atoms with Crippen molar-refractivity contribution >= 4 is 11.6 Å². The number of anilines is 1. The molecule has 0 radical (unpaired) electrons. The molecule has 4 nitrogen and oxygen atoms in total. The van der Waals surface area contributed by atoms with Gasteiger partial charge in [0, 0.05) is 12.2 Å². The van der Waals surface area contributed by atoms with E-state index in [1.807, 2.05) is 0 Å². The van der Waals surface area contributed by atoms with E-state index in [0.717, 1.165) is 6.42 Å². The molecule has 1 aliphatic rings. The molecule has 1 aromatic heterocycles. The smallest absolute Gasteiger partial charge is 0.253 e. The van der Waals surface area contributed by atoms with E-state index >= 15 is 0 Å². The van der Waals surface area contributed by atoms with Gasteiger partial charge in [-0.15, -0.1) is 0 Å². The van der Waals surface area contributed by atoms with Crippen LogP contribution in [0.3, 0.4) is 0 Å². The Bertz CT molecular complexity index is 419. The van der Waals surface area contributed by atoms with E-state index < -0.39 is 0 Å². The first-order valence-corrected chi connectivity index (χ1v) is 6.69. The fourth-order valence-corrected chi connectivity index (χ4v) is 2.57. The summed E-state index contributed by atoms with van der Waals surface area (Å²) in [6.07, 6.45) is 9.11. The minimum atomic E-state index is -0.0753. The number of hydrogen-bond acceptors (Lipinski definition) is 3. The molecule has 3 N–H and O–H groups in total. The van der Waals surface area contributed by atoms with E-state index in [1.54, 1.807) is 12.3 Å². The number of hydrogen-bond donors (Lipinski definition) is 2. The molecule has 1 fully saturated rings. The predicted molar refractivity (Wildman–Crippen MR) is 72.2 cm³/mol. The first-order valence-electron chi connectivity index (χ1n) is 6.69. The molecule has 1 aromatic rings. The maximum Gasteiger partial charge on any atom is 0.253 e. The first-order chi connectivity index (χ1) is 8.68.